The first-order valence-corrected chi connectivity index (χ1v) is 21.5. The summed E-state index contributed by atoms with van der Waals surface area (Å²) in [7, 11) is 0. The lowest BCUT2D eigenvalue weighted by atomic mass is 9.73. The van der Waals surface area contributed by atoms with Crippen molar-refractivity contribution in [3.63, 3.8) is 0 Å². The van der Waals surface area contributed by atoms with Gasteiger partial charge in [-0.2, -0.15) is 0 Å². The van der Waals surface area contributed by atoms with Crippen molar-refractivity contribution >= 4 is 56.4 Å². The molecule has 0 spiro atoms. The molecule has 8 aromatic rings. The van der Waals surface area contributed by atoms with Gasteiger partial charge in [0.2, 0.25) is 0 Å². The molecule has 1 aromatic heterocycles. The lowest BCUT2D eigenvalue weighted by molar-refractivity contribution is 0.610. The van der Waals surface area contributed by atoms with Crippen LogP contribution in [0.4, 0.5) is 45.5 Å². The summed E-state index contributed by atoms with van der Waals surface area (Å²) < 4.78 is 1.83. The highest BCUT2D eigenvalue weighted by atomic mass is 16.1. The van der Waals surface area contributed by atoms with Gasteiger partial charge < -0.3 is 14.7 Å². The number of fused-ring (bicyclic) bond motifs is 6. The number of hydrogen-bond acceptors (Lipinski definition) is 5. The Kier molecular flexibility index (Phi) is 8.69. The van der Waals surface area contributed by atoms with Gasteiger partial charge in [-0.05, 0) is 140 Å². The third-order valence-corrected chi connectivity index (χ3v) is 13.2. The molecule has 0 saturated carbocycles. The van der Waals surface area contributed by atoms with Gasteiger partial charge in [-0.3, -0.25) is 9.36 Å². The highest BCUT2D eigenvalue weighted by Gasteiger charge is 2.42. The van der Waals surface area contributed by atoms with Crippen LogP contribution in [0, 0.1) is 0 Å². The van der Waals surface area contributed by atoms with E-state index in [1.54, 1.807) is 0 Å². The maximum Gasteiger partial charge on any atom is 0.266 e. The summed E-state index contributed by atoms with van der Waals surface area (Å²) in [6, 6.07) is 60.4. The zero-order chi connectivity index (χ0) is 42.2. The smallest absolute Gasteiger partial charge is 0.266 e. The van der Waals surface area contributed by atoms with Crippen LogP contribution in [-0.2, 0) is 10.8 Å². The lowest BCUT2D eigenvalue weighted by Crippen LogP contribution is -2.33. The molecule has 0 amide bonds. The highest BCUT2D eigenvalue weighted by molar-refractivity contribution is 5.91. The molecular formula is C56H47N5O. The molecule has 0 radical (unpaired) electrons. The Labute approximate surface area is 363 Å². The molecule has 0 N–H and O–H groups in total. The number of para-hydroxylation sites is 4. The number of nitrogens with zero attached hydrogens (tertiary/aromatic N) is 5. The fourth-order valence-corrected chi connectivity index (χ4v) is 10.0. The van der Waals surface area contributed by atoms with Crippen LogP contribution in [-0.4, -0.2) is 15.6 Å². The first-order chi connectivity index (χ1) is 30.2. The van der Waals surface area contributed by atoms with E-state index in [0.29, 0.717) is 5.39 Å². The molecule has 11 rings (SSSR count). The van der Waals surface area contributed by atoms with Crippen LogP contribution >= 0.6 is 0 Å². The van der Waals surface area contributed by atoms with Crippen LogP contribution in [0.1, 0.15) is 56.6 Å². The molecule has 7 aromatic carbocycles. The number of benzene rings is 7. The molecule has 3 heterocycles. The monoisotopic (exact) mass is 805 g/mol. The van der Waals surface area contributed by atoms with Gasteiger partial charge in [0.25, 0.3) is 5.56 Å². The zero-order valence-electron chi connectivity index (χ0n) is 35.4. The van der Waals surface area contributed by atoms with Gasteiger partial charge in [0.1, 0.15) is 5.82 Å². The number of hydrogen-bond donors (Lipinski definition) is 0. The Morgan fingerprint density at radius 1 is 0.548 bits per heavy atom. The normalized spacial score (nSPS) is 16.3. The number of allylic oxidation sites excluding steroid dienone is 2. The van der Waals surface area contributed by atoms with Crippen LogP contribution in [0.2, 0.25) is 0 Å². The van der Waals surface area contributed by atoms with E-state index < -0.39 is 10.8 Å². The first kappa shape index (κ1) is 37.6. The Balaban J connectivity index is 1.13. The van der Waals surface area contributed by atoms with Gasteiger partial charge in [-0.15, -0.1) is 0 Å². The standard InChI is InChI=1S/C56H47N5O/c1-55(2)46-35-42(58(38-19-9-5-10-20-38)39-21-11-6-12-22-39)29-32-50(46)60(51-33-30-43(36-47(51)55)59(40-23-13-7-14-24-40)41-25-15-8-16-26-41)44-31-34-52-48(37-44)56(3,4)54-57-49-28-18-17-27-45(49)53(62)61(52)54/h5-25,27-37,41H,26H2,1-4H3. The van der Waals surface area contributed by atoms with Crippen molar-refractivity contribution in [3.05, 3.63) is 227 Å². The Morgan fingerprint density at radius 2 is 1.11 bits per heavy atom. The minimum absolute atomic E-state index is 0.0340. The quantitative estimate of drug-likeness (QED) is 0.161. The number of anilines is 8. The molecule has 1 atom stereocenters. The molecule has 1 unspecified atom stereocenters. The van der Waals surface area contributed by atoms with Gasteiger partial charge in [0.15, 0.2) is 0 Å². The van der Waals surface area contributed by atoms with Crippen molar-refractivity contribution in [3.8, 4) is 5.69 Å². The van der Waals surface area contributed by atoms with Crippen LogP contribution in [0.3, 0.4) is 0 Å². The summed E-state index contributed by atoms with van der Waals surface area (Å²) in [6.07, 6.45) is 9.78. The maximum atomic E-state index is 14.1. The van der Waals surface area contributed by atoms with E-state index in [0.717, 1.165) is 74.5 Å². The van der Waals surface area contributed by atoms with Gasteiger partial charge in [0, 0.05) is 39.5 Å². The molecule has 302 valence electrons. The summed E-state index contributed by atoms with van der Waals surface area (Å²) in [5.41, 5.74) is 13.0. The molecule has 62 heavy (non-hydrogen) atoms. The third kappa shape index (κ3) is 5.85. The van der Waals surface area contributed by atoms with E-state index in [-0.39, 0.29) is 11.6 Å². The summed E-state index contributed by atoms with van der Waals surface area (Å²) in [4.78, 5) is 26.5. The van der Waals surface area contributed by atoms with Crippen molar-refractivity contribution in [2.24, 2.45) is 0 Å². The Bertz CT molecular complexity index is 3110. The van der Waals surface area contributed by atoms with E-state index >= 15 is 0 Å². The summed E-state index contributed by atoms with van der Waals surface area (Å²) in [5.74, 6) is 0.762. The van der Waals surface area contributed by atoms with Gasteiger partial charge in [-0.25, -0.2) is 4.98 Å². The average Bonchev–Trinajstić information content (AvgIpc) is 3.53. The van der Waals surface area contributed by atoms with E-state index in [1.807, 2.05) is 28.8 Å². The van der Waals surface area contributed by atoms with Crippen LogP contribution in [0.15, 0.2) is 199 Å². The molecule has 2 aliphatic heterocycles. The van der Waals surface area contributed by atoms with E-state index in [9.17, 15) is 4.79 Å². The predicted octanol–water partition coefficient (Wildman–Crippen LogP) is 13.6. The van der Waals surface area contributed by atoms with E-state index in [2.05, 4.69) is 212 Å². The molecule has 0 bridgehead atoms. The van der Waals surface area contributed by atoms with Gasteiger partial charge >= 0.3 is 0 Å². The second-order valence-electron chi connectivity index (χ2n) is 17.6. The van der Waals surface area contributed by atoms with Gasteiger partial charge in [0.05, 0.1) is 39.4 Å². The van der Waals surface area contributed by atoms with Gasteiger partial charge in [-0.1, -0.05) is 105 Å². The summed E-state index contributed by atoms with van der Waals surface area (Å²) >= 11 is 0. The largest absolute Gasteiger partial charge is 0.334 e. The fourth-order valence-electron chi connectivity index (χ4n) is 10.0. The van der Waals surface area contributed by atoms with E-state index in [1.165, 1.54) is 11.1 Å². The van der Waals surface area contributed by atoms with Crippen molar-refractivity contribution in [2.45, 2.75) is 51.0 Å². The van der Waals surface area contributed by atoms with Crippen molar-refractivity contribution in [1.29, 1.82) is 0 Å². The molecule has 0 fully saturated rings. The second kappa shape index (κ2) is 14.3. The van der Waals surface area contributed by atoms with Crippen LogP contribution < -0.4 is 20.3 Å². The summed E-state index contributed by atoms with van der Waals surface area (Å²) in [6.45, 7) is 9.10. The average molecular weight is 806 g/mol. The molecule has 0 saturated heterocycles. The van der Waals surface area contributed by atoms with E-state index in [4.69, 9.17) is 4.98 Å². The Morgan fingerprint density at radius 3 is 1.76 bits per heavy atom. The van der Waals surface area contributed by atoms with Crippen molar-refractivity contribution < 1.29 is 0 Å². The maximum absolute atomic E-state index is 14.1. The van der Waals surface area contributed by atoms with Crippen molar-refractivity contribution in [2.75, 3.05) is 14.7 Å². The molecule has 6 heteroatoms. The van der Waals surface area contributed by atoms with Crippen LogP contribution in [0.5, 0.6) is 0 Å². The highest BCUT2D eigenvalue weighted by Crippen LogP contribution is 2.55. The summed E-state index contributed by atoms with van der Waals surface area (Å²) in [5, 5.41) is 0.626. The minimum Gasteiger partial charge on any atom is -0.334 e. The fraction of sp³-hybridized carbons (Fsp3) is 0.143. The molecule has 1 aliphatic carbocycles. The van der Waals surface area contributed by atoms with Crippen molar-refractivity contribution in [1.82, 2.24) is 9.55 Å². The second-order valence-corrected chi connectivity index (χ2v) is 17.6. The molecular weight excluding hydrogens is 759 g/mol. The lowest BCUT2D eigenvalue weighted by Gasteiger charge is -2.44. The third-order valence-electron chi connectivity index (χ3n) is 13.2. The minimum atomic E-state index is -0.521. The zero-order valence-corrected chi connectivity index (χ0v) is 35.4. The number of rotatable bonds is 7. The SMILES string of the molecule is CC1(C)c2cc(N(c3ccccc3)c3ccccc3)ccc2N(c2ccc3c(c2)C(C)(C)c2nc4ccccc4c(=O)n2-3)c2ccc(N(c3ccccc3)C3C=CC=CC3)cc21. The molecule has 6 nitrogen and oxygen atoms in total. The molecule has 3 aliphatic rings. The van der Waals surface area contributed by atoms with Crippen LogP contribution in [0.25, 0.3) is 16.6 Å². The topological polar surface area (TPSA) is 44.6 Å². The number of aromatic nitrogens is 2. The predicted molar refractivity (Wildman–Crippen MR) is 256 cm³/mol. The first-order valence-electron chi connectivity index (χ1n) is 21.5. The Hall–Kier alpha value is -7.44.